The number of methoxy groups -OCH3 is 1. The van der Waals surface area contributed by atoms with E-state index in [1.165, 1.54) is 7.11 Å². The third kappa shape index (κ3) is 4.17. The van der Waals surface area contributed by atoms with E-state index in [9.17, 15) is 35.9 Å². The number of carbonyl (C=O) groups is 1. The number of hydrogen-bond donors (Lipinski definition) is 1. The molecule has 1 fully saturated rings. The van der Waals surface area contributed by atoms with Crippen LogP contribution in [0.1, 0.15) is 18.4 Å². The fourth-order valence-electron chi connectivity index (χ4n) is 3.66. The standard InChI is InChI=1S/C19H17F4NO5S/c1-29-16-7-13(6-14(16)18(25)26)30(27,28)17-3-2-10(5-15(17)19(21,22)23)11-4-12(20)9-24-8-11/h2-5,8-9,13-14,16H,6-7H2,1H3,(H,25,26)/t13-,14-,16-/m0/s1. The molecule has 0 amide bonds. The molecule has 0 saturated heterocycles. The van der Waals surface area contributed by atoms with E-state index in [1.54, 1.807) is 0 Å². The smallest absolute Gasteiger partial charge is 0.417 e. The number of halogens is 4. The van der Waals surface area contributed by atoms with E-state index in [0.717, 1.165) is 30.6 Å². The number of ether oxygens (including phenoxy) is 1. The maximum absolute atomic E-state index is 13.7. The van der Waals surface area contributed by atoms with Gasteiger partial charge in [-0.15, -0.1) is 0 Å². The number of sulfone groups is 1. The summed E-state index contributed by atoms with van der Waals surface area (Å²) in [5.74, 6) is -3.17. The second-order valence-electron chi connectivity index (χ2n) is 6.96. The summed E-state index contributed by atoms with van der Waals surface area (Å²) in [6, 6.07) is 3.55. The van der Waals surface area contributed by atoms with Crippen molar-refractivity contribution in [2.75, 3.05) is 7.11 Å². The van der Waals surface area contributed by atoms with Crippen molar-refractivity contribution >= 4 is 15.8 Å². The number of aliphatic carboxylic acids is 1. The minimum Gasteiger partial charge on any atom is -0.481 e. The SMILES string of the molecule is CO[C@H]1C[C@@H](S(=O)(=O)c2ccc(-c3cncc(F)c3)cc2C(F)(F)F)C[C@@H]1C(=O)O. The Morgan fingerprint density at radius 1 is 1.17 bits per heavy atom. The quantitative estimate of drug-likeness (QED) is 0.705. The van der Waals surface area contributed by atoms with Gasteiger partial charge in [0.2, 0.25) is 0 Å². The Balaban J connectivity index is 2.08. The highest BCUT2D eigenvalue weighted by atomic mass is 32.2. The lowest BCUT2D eigenvalue weighted by molar-refractivity contribution is -0.145. The van der Waals surface area contributed by atoms with Crippen LogP contribution in [0.25, 0.3) is 11.1 Å². The molecular weight excluding hydrogens is 430 g/mol. The van der Waals surface area contributed by atoms with Gasteiger partial charge >= 0.3 is 12.1 Å². The van der Waals surface area contributed by atoms with Gasteiger partial charge in [0.15, 0.2) is 9.84 Å². The van der Waals surface area contributed by atoms with Crippen LogP contribution in [0.15, 0.2) is 41.6 Å². The molecule has 0 radical (unpaired) electrons. The van der Waals surface area contributed by atoms with E-state index in [1.807, 2.05) is 0 Å². The van der Waals surface area contributed by atoms with Gasteiger partial charge < -0.3 is 9.84 Å². The van der Waals surface area contributed by atoms with E-state index in [0.29, 0.717) is 6.07 Å². The lowest BCUT2D eigenvalue weighted by Gasteiger charge is -2.18. The molecule has 0 aliphatic heterocycles. The molecule has 1 heterocycles. The summed E-state index contributed by atoms with van der Waals surface area (Å²) in [4.78, 5) is 14.0. The van der Waals surface area contributed by atoms with Crippen molar-refractivity contribution in [3.05, 3.63) is 48.0 Å². The van der Waals surface area contributed by atoms with Gasteiger partial charge in [0.05, 0.1) is 33.9 Å². The summed E-state index contributed by atoms with van der Waals surface area (Å²) in [5.41, 5.74) is -1.41. The molecule has 1 aromatic carbocycles. The van der Waals surface area contributed by atoms with Crippen LogP contribution in [0.2, 0.25) is 0 Å². The predicted molar refractivity (Wildman–Crippen MR) is 96.8 cm³/mol. The molecule has 11 heteroatoms. The molecular formula is C19H17F4NO5S. The number of carboxylic acid groups (broad SMARTS) is 1. The Morgan fingerprint density at radius 2 is 1.87 bits per heavy atom. The van der Waals surface area contributed by atoms with Gasteiger partial charge in [0.25, 0.3) is 0 Å². The van der Waals surface area contributed by atoms with Crippen LogP contribution in [-0.4, -0.2) is 42.9 Å². The second kappa shape index (κ2) is 7.95. The molecule has 3 rings (SSSR count). The van der Waals surface area contributed by atoms with Crippen molar-refractivity contribution in [3.63, 3.8) is 0 Å². The van der Waals surface area contributed by atoms with Crippen molar-refractivity contribution in [2.45, 2.75) is 35.3 Å². The molecule has 0 bridgehead atoms. The Morgan fingerprint density at radius 3 is 2.40 bits per heavy atom. The molecule has 1 saturated carbocycles. The van der Waals surface area contributed by atoms with Gasteiger partial charge in [-0.05, 0) is 36.6 Å². The Bertz CT molecular complexity index is 1070. The number of aromatic nitrogens is 1. The van der Waals surface area contributed by atoms with Crippen LogP contribution in [0, 0.1) is 11.7 Å². The zero-order valence-corrected chi connectivity index (χ0v) is 16.4. The summed E-state index contributed by atoms with van der Waals surface area (Å²) in [5, 5.41) is 7.90. The largest absolute Gasteiger partial charge is 0.481 e. The Labute approximate surface area is 169 Å². The van der Waals surface area contributed by atoms with Crippen molar-refractivity contribution in [2.24, 2.45) is 5.92 Å². The first-order chi connectivity index (χ1) is 13.9. The van der Waals surface area contributed by atoms with Gasteiger partial charge in [0.1, 0.15) is 5.82 Å². The minimum absolute atomic E-state index is 0.0516. The predicted octanol–water partition coefficient (Wildman–Crippen LogP) is 3.56. The zero-order chi connectivity index (χ0) is 22.3. The zero-order valence-electron chi connectivity index (χ0n) is 15.6. The molecule has 2 aromatic rings. The molecule has 6 nitrogen and oxygen atoms in total. The highest BCUT2D eigenvalue weighted by molar-refractivity contribution is 7.92. The number of benzene rings is 1. The number of nitrogens with zero attached hydrogens (tertiary/aromatic N) is 1. The summed E-state index contributed by atoms with van der Waals surface area (Å²) in [6.07, 6.45) is -4.48. The first-order valence-electron chi connectivity index (χ1n) is 8.76. The first kappa shape index (κ1) is 22.2. The van der Waals surface area contributed by atoms with E-state index in [2.05, 4.69) is 4.98 Å². The van der Waals surface area contributed by atoms with Crippen molar-refractivity contribution < 1.29 is 40.6 Å². The van der Waals surface area contributed by atoms with Crippen LogP contribution in [0.3, 0.4) is 0 Å². The van der Waals surface area contributed by atoms with Crippen molar-refractivity contribution in [1.82, 2.24) is 4.98 Å². The number of pyridine rings is 1. The second-order valence-corrected chi connectivity index (χ2v) is 9.15. The summed E-state index contributed by atoms with van der Waals surface area (Å²) >= 11 is 0. The van der Waals surface area contributed by atoms with Gasteiger partial charge in [-0.2, -0.15) is 13.2 Å². The van der Waals surface area contributed by atoms with Crippen LogP contribution in [0.5, 0.6) is 0 Å². The lowest BCUT2D eigenvalue weighted by atomic mass is 10.0. The van der Waals surface area contributed by atoms with Crippen molar-refractivity contribution in [1.29, 1.82) is 0 Å². The maximum atomic E-state index is 13.7. The fourth-order valence-corrected chi connectivity index (χ4v) is 5.66. The highest BCUT2D eigenvalue weighted by Gasteiger charge is 2.47. The third-order valence-corrected chi connectivity index (χ3v) is 7.38. The van der Waals surface area contributed by atoms with Gasteiger partial charge in [0, 0.05) is 18.9 Å². The molecule has 1 aromatic heterocycles. The minimum atomic E-state index is -5.01. The Kier molecular flexibility index (Phi) is 5.87. The van der Waals surface area contributed by atoms with E-state index in [-0.39, 0.29) is 24.0 Å². The molecule has 0 spiro atoms. The Hall–Kier alpha value is -2.53. The fraction of sp³-hybridized carbons (Fsp3) is 0.368. The van der Waals surface area contributed by atoms with Crippen LogP contribution in [-0.2, 0) is 25.5 Å². The first-order valence-corrected chi connectivity index (χ1v) is 10.3. The summed E-state index contributed by atoms with van der Waals surface area (Å²) in [6.45, 7) is 0. The van der Waals surface area contributed by atoms with E-state index < -0.39 is 55.5 Å². The molecule has 3 atom stereocenters. The molecule has 1 N–H and O–H groups in total. The average molecular weight is 447 g/mol. The normalized spacial score (nSPS) is 22.2. The molecule has 30 heavy (non-hydrogen) atoms. The molecule has 1 aliphatic carbocycles. The number of hydrogen-bond acceptors (Lipinski definition) is 5. The van der Waals surface area contributed by atoms with E-state index >= 15 is 0 Å². The topological polar surface area (TPSA) is 93.6 Å². The summed E-state index contributed by atoms with van der Waals surface area (Å²) < 4.78 is 85.6. The van der Waals surface area contributed by atoms with Crippen LogP contribution >= 0.6 is 0 Å². The van der Waals surface area contributed by atoms with Gasteiger partial charge in [-0.1, -0.05) is 6.07 Å². The van der Waals surface area contributed by atoms with Crippen LogP contribution in [0.4, 0.5) is 17.6 Å². The monoisotopic (exact) mass is 447 g/mol. The van der Waals surface area contributed by atoms with Crippen LogP contribution < -0.4 is 0 Å². The maximum Gasteiger partial charge on any atom is 0.417 e. The molecule has 162 valence electrons. The molecule has 1 aliphatic rings. The van der Waals surface area contributed by atoms with Gasteiger partial charge in [-0.3, -0.25) is 9.78 Å². The third-order valence-electron chi connectivity index (χ3n) is 5.15. The average Bonchev–Trinajstić information content (AvgIpc) is 3.12. The van der Waals surface area contributed by atoms with Crippen molar-refractivity contribution in [3.8, 4) is 11.1 Å². The van der Waals surface area contributed by atoms with E-state index in [4.69, 9.17) is 4.74 Å². The molecule has 0 unspecified atom stereocenters. The van der Waals surface area contributed by atoms with Gasteiger partial charge in [-0.25, -0.2) is 12.8 Å². The highest BCUT2D eigenvalue weighted by Crippen LogP contribution is 2.42. The number of rotatable bonds is 5. The number of carboxylic acids is 1. The number of alkyl halides is 3. The lowest BCUT2D eigenvalue weighted by Crippen LogP contribution is -2.24. The summed E-state index contributed by atoms with van der Waals surface area (Å²) in [7, 11) is -3.30.